The van der Waals surface area contributed by atoms with E-state index in [2.05, 4.69) is 4.74 Å². The summed E-state index contributed by atoms with van der Waals surface area (Å²) in [6.07, 6.45) is 0. The van der Waals surface area contributed by atoms with Crippen molar-refractivity contribution in [1.29, 1.82) is 0 Å². The van der Waals surface area contributed by atoms with Gasteiger partial charge in [-0.15, -0.1) is 0 Å². The number of halogens is 4. The van der Waals surface area contributed by atoms with Crippen molar-refractivity contribution in [3.8, 4) is 0 Å². The molecule has 0 aliphatic rings. The third-order valence-corrected chi connectivity index (χ3v) is 3.56. The van der Waals surface area contributed by atoms with Crippen LogP contribution in [0.15, 0.2) is 19.6 Å². The lowest BCUT2D eigenvalue weighted by molar-refractivity contribution is -0.419. The van der Waals surface area contributed by atoms with Crippen molar-refractivity contribution in [1.82, 2.24) is 0 Å². The maximum absolute atomic E-state index is 10.8. The Kier molecular flexibility index (Phi) is 7.98. The first-order chi connectivity index (χ1) is 7.81. The number of hydrogen-bond acceptors (Lipinski definition) is 5. The molecule has 0 aliphatic heterocycles. The number of hydrogen-bond donors (Lipinski definition) is 0. The lowest BCUT2D eigenvalue weighted by Gasteiger charge is -2.01. The molecule has 17 heavy (non-hydrogen) atoms. The largest absolute Gasteiger partial charge is 0.468 e. The molecular formula is C7H5Cl4NO4S. The average molecular weight is 341 g/mol. The molecule has 0 aromatic carbocycles. The predicted molar refractivity (Wildman–Crippen MR) is 68.9 cm³/mol. The summed E-state index contributed by atoms with van der Waals surface area (Å²) in [4.78, 5) is 20.7. The van der Waals surface area contributed by atoms with Crippen LogP contribution < -0.4 is 0 Å². The molecule has 0 rings (SSSR count). The monoisotopic (exact) mass is 339 g/mol. The van der Waals surface area contributed by atoms with Crippen molar-refractivity contribution in [3.63, 3.8) is 0 Å². The summed E-state index contributed by atoms with van der Waals surface area (Å²) >= 11 is 22.5. The maximum Gasteiger partial charge on any atom is 0.316 e. The molecule has 0 aromatic rings. The molecule has 5 nitrogen and oxygen atoms in total. The number of nitrogens with zero attached hydrogens (tertiary/aromatic N) is 1. The molecular weight excluding hydrogens is 336 g/mol. The molecule has 0 unspecified atom stereocenters. The Morgan fingerprint density at radius 3 is 2.24 bits per heavy atom. The molecule has 0 fully saturated rings. The molecule has 0 amide bonds. The van der Waals surface area contributed by atoms with Crippen LogP contribution in [0.5, 0.6) is 0 Å². The van der Waals surface area contributed by atoms with Crippen LogP contribution in [0.3, 0.4) is 0 Å². The van der Waals surface area contributed by atoms with Gasteiger partial charge in [-0.25, -0.2) is 0 Å². The zero-order chi connectivity index (χ0) is 13.6. The molecule has 0 bridgehead atoms. The number of rotatable bonds is 5. The van der Waals surface area contributed by atoms with Gasteiger partial charge in [0.05, 0.1) is 17.8 Å². The van der Waals surface area contributed by atoms with Gasteiger partial charge in [0.2, 0.25) is 0 Å². The van der Waals surface area contributed by atoms with Gasteiger partial charge in [0.15, 0.2) is 9.40 Å². The van der Waals surface area contributed by atoms with E-state index in [9.17, 15) is 14.9 Å². The number of thioether (sulfide) groups is 1. The highest BCUT2D eigenvalue weighted by atomic mass is 35.5. The number of carbonyl (C=O) groups is 1. The second-order valence-corrected chi connectivity index (χ2v) is 5.23. The van der Waals surface area contributed by atoms with E-state index in [4.69, 9.17) is 46.4 Å². The molecule has 0 heterocycles. The minimum absolute atomic E-state index is 0.198. The third-order valence-electron chi connectivity index (χ3n) is 1.29. The smallest absolute Gasteiger partial charge is 0.316 e. The Hall–Kier alpha value is -0.140. The molecule has 10 heteroatoms. The van der Waals surface area contributed by atoms with Crippen molar-refractivity contribution in [2.24, 2.45) is 0 Å². The summed E-state index contributed by atoms with van der Waals surface area (Å²) in [6.45, 7) is 0. The fourth-order valence-corrected chi connectivity index (χ4v) is 2.03. The third kappa shape index (κ3) is 5.83. The second kappa shape index (κ2) is 8.05. The Balaban J connectivity index is 5.09. The van der Waals surface area contributed by atoms with Crippen molar-refractivity contribution in [2.75, 3.05) is 12.9 Å². The van der Waals surface area contributed by atoms with E-state index < -0.39 is 26.1 Å². The Morgan fingerprint density at radius 2 is 1.88 bits per heavy atom. The van der Waals surface area contributed by atoms with Crippen LogP contribution in [0, 0.1) is 10.1 Å². The van der Waals surface area contributed by atoms with Crippen LogP contribution in [0.25, 0.3) is 0 Å². The van der Waals surface area contributed by atoms with Gasteiger partial charge >= 0.3 is 11.7 Å². The van der Waals surface area contributed by atoms with Crippen LogP contribution >= 0.6 is 58.2 Å². The van der Waals surface area contributed by atoms with Gasteiger partial charge in [0.25, 0.3) is 0 Å². The van der Waals surface area contributed by atoms with Crippen molar-refractivity contribution >= 4 is 64.1 Å². The number of nitro groups is 1. The minimum Gasteiger partial charge on any atom is -0.468 e. The predicted octanol–water partition coefficient (Wildman–Crippen LogP) is 3.46. The van der Waals surface area contributed by atoms with Gasteiger partial charge in [0.1, 0.15) is 4.49 Å². The Bertz CT molecular complexity index is 391. The first-order valence-electron chi connectivity index (χ1n) is 3.76. The van der Waals surface area contributed by atoms with Gasteiger partial charge in [0, 0.05) is 0 Å². The van der Waals surface area contributed by atoms with E-state index in [1.165, 1.54) is 7.11 Å². The van der Waals surface area contributed by atoms with Crippen molar-refractivity contribution in [2.45, 2.75) is 0 Å². The lowest BCUT2D eigenvalue weighted by atomic mass is 10.5. The van der Waals surface area contributed by atoms with Crippen LogP contribution in [-0.2, 0) is 9.53 Å². The molecule has 0 saturated heterocycles. The molecule has 0 radical (unpaired) electrons. The van der Waals surface area contributed by atoms with Gasteiger partial charge in [-0.2, -0.15) is 0 Å². The van der Waals surface area contributed by atoms with Gasteiger partial charge in [-0.1, -0.05) is 58.2 Å². The quantitative estimate of drug-likeness (QED) is 0.332. The molecule has 0 aliphatic carbocycles. The first kappa shape index (κ1) is 16.9. The molecule has 0 saturated carbocycles. The summed E-state index contributed by atoms with van der Waals surface area (Å²) in [5.41, 5.74) is -0.665. The average Bonchev–Trinajstić information content (AvgIpc) is 2.25. The zero-order valence-electron chi connectivity index (χ0n) is 8.21. The molecule has 0 aromatic heterocycles. The second-order valence-electron chi connectivity index (χ2n) is 2.32. The highest BCUT2D eigenvalue weighted by molar-refractivity contribution is 8.05. The van der Waals surface area contributed by atoms with Crippen LogP contribution in [0.4, 0.5) is 0 Å². The number of ether oxygens (including phenoxy) is 1. The van der Waals surface area contributed by atoms with E-state index in [1.54, 1.807) is 0 Å². The molecule has 0 spiro atoms. The number of carbonyl (C=O) groups excluding carboxylic acids is 1. The first-order valence-corrected chi connectivity index (χ1v) is 6.25. The Morgan fingerprint density at radius 1 is 1.35 bits per heavy atom. The summed E-state index contributed by atoms with van der Waals surface area (Å²) < 4.78 is 3.53. The van der Waals surface area contributed by atoms with Crippen molar-refractivity contribution in [3.05, 3.63) is 29.7 Å². The summed E-state index contributed by atoms with van der Waals surface area (Å²) in [6, 6.07) is 0. The maximum atomic E-state index is 10.8. The highest BCUT2D eigenvalue weighted by Gasteiger charge is 2.25. The zero-order valence-corrected chi connectivity index (χ0v) is 12.0. The van der Waals surface area contributed by atoms with Crippen LogP contribution in [0.1, 0.15) is 0 Å². The molecule has 0 N–H and O–H groups in total. The van der Waals surface area contributed by atoms with E-state index >= 15 is 0 Å². The van der Waals surface area contributed by atoms with Gasteiger partial charge in [-0.3, -0.25) is 14.9 Å². The fourth-order valence-electron chi connectivity index (χ4n) is 0.577. The highest BCUT2D eigenvalue weighted by Crippen LogP contribution is 2.33. The summed E-state index contributed by atoms with van der Waals surface area (Å²) in [7, 11) is 1.18. The van der Waals surface area contributed by atoms with Crippen LogP contribution in [0.2, 0.25) is 0 Å². The van der Waals surface area contributed by atoms with E-state index in [-0.39, 0.29) is 10.1 Å². The number of allylic oxidation sites excluding steroid dienone is 1. The SMILES string of the molecule is COC(=O)CS/C(Cl)=C(/C(Cl)=C(Cl)Cl)[N+](=O)[O-]. The lowest BCUT2D eigenvalue weighted by Crippen LogP contribution is -2.05. The summed E-state index contributed by atoms with van der Waals surface area (Å²) in [5.74, 6) is -0.788. The van der Waals surface area contributed by atoms with Gasteiger partial charge in [-0.05, 0) is 0 Å². The van der Waals surface area contributed by atoms with E-state index in [0.29, 0.717) is 11.8 Å². The summed E-state index contributed by atoms with van der Waals surface area (Å²) in [5, 5.41) is 10.2. The van der Waals surface area contributed by atoms with Crippen molar-refractivity contribution < 1.29 is 14.5 Å². The van der Waals surface area contributed by atoms with E-state index in [1.807, 2.05) is 0 Å². The minimum atomic E-state index is -0.848. The topological polar surface area (TPSA) is 69.4 Å². The molecule has 0 atom stereocenters. The van der Waals surface area contributed by atoms with Gasteiger partial charge < -0.3 is 4.74 Å². The molecule has 96 valence electrons. The standard InChI is InChI=1S/C7H5Cl4NO4S/c1-16-3(13)2-17-7(11)5(12(14)15)4(8)6(9)10/h2H2,1H3/b7-5-. The number of methoxy groups -OCH3 is 1. The fraction of sp³-hybridized carbons (Fsp3) is 0.286. The normalized spacial score (nSPS) is 11.6. The van der Waals surface area contributed by atoms with E-state index in [0.717, 1.165) is 0 Å². The Labute approximate surface area is 121 Å². The number of esters is 1. The van der Waals surface area contributed by atoms with Crippen LogP contribution in [-0.4, -0.2) is 23.8 Å².